The number of hydrogen-bond acceptors (Lipinski definition) is 1. The molecule has 0 saturated carbocycles. The van der Waals surface area contributed by atoms with Crippen LogP contribution in [-0.2, 0) is 5.41 Å². The Morgan fingerprint density at radius 1 is 1.00 bits per heavy atom. The normalized spacial score (nSPS) is 11.9. The summed E-state index contributed by atoms with van der Waals surface area (Å²) >= 11 is 0. The smallest absolute Gasteiger partial charge is 0.00406 e. The summed E-state index contributed by atoms with van der Waals surface area (Å²) in [5, 5.41) is 3.51. The second kappa shape index (κ2) is 6.38. The highest BCUT2D eigenvalue weighted by molar-refractivity contribution is 5.42. The monoisotopic (exact) mass is 247 g/mol. The van der Waals surface area contributed by atoms with Crippen molar-refractivity contribution in [1.29, 1.82) is 0 Å². The molecule has 102 valence electrons. The van der Waals surface area contributed by atoms with Crippen LogP contribution in [0.25, 0.3) is 0 Å². The van der Waals surface area contributed by atoms with Crippen molar-refractivity contribution in [3.8, 4) is 0 Å². The Balaban J connectivity index is 2.84. The summed E-state index contributed by atoms with van der Waals surface area (Å²) in [5.41, 5.74) is 6.03. The van der Waals surface area contributed by atoms with Crippen molar-refractivity contribution in [1.82, 2.24) is 5.32 Å². The molecule has 1 nitrogen and oxygen atoms in total. The van der Waals surface area contributed by atoms with Gasteiger partial charge in [-0.1, -0.05) is 38.5 Å². The molecule has 0 spiro atoms. The van der Waals surface area contributed by atoms with Crippen LogP contribution in [0.1, 0.15) is 55.9 Å². The molecule has 18 heavy (non-hydrogen) atoms. The number of hydrogen-bond donors (Lipinski definition) is 1. The second-order valence-electron chi connectivity index (χ2n) is 6.16. The summed E-state index contributed by atoms with van der Waals surface area (Å²) < 4.78 is 0. The van der Waals surface area contributed by atoms with E-state index < -0.39 is 0 Å². The van der Waals surface area contributed by atoms with E-state index in [4.69, 9.17) is 0 Å². The summed E-state index contributed by atoms with van der Waals surface area (Å²) in [6.45, 7) is 15.9. The van der Waals surface area contributed by atoms with Gasteiger partial charge in [-0.05, 0) is 68.8 Å². The number of rotatable bonds is 6. The zero-order valence-corrected chi connectivity index (χ0v) is 13.0. The van der Waals surface area contributed by atoms with Crippen molar-refractivity contribution < 1.29 is 0 Å². The van der Waals surface area contributed by atoms with Crippen molar-refractivity contribution in [2.75, 3.05) is 13.1 Å². The number of benzene rings is 1. The standard InChI is InChI=1S/C17H29N/c1-7-9-18-10-8-17(5,6)16-14(3)11-13(2)12-15(16)4/h11-12,18H,7-10H2,1-6H3. The SMILES string of the molecule is CCCNCCC(C)(C)c1c(C)cc(C)cc1C. The molecule has 0 radical (unpaired) electrons. The van der Waals surface area contributed by atoms with Crippen molar-refractivity contribution in [2.24, 2.45) is 0 Å². The molecule has 1 N–H and O–H groups in total. The Morgan fingerprint density at radius 2 is 1.56 bits per heavy atom. The van der Waals surface area contributed by atoms with Crippen LogP contribution < -0.4 is 5.32 Å². The average molecular weight is 247 g/mol. The molecule has 1 heteroatoms. The van der Waals surface area contributed by atoms with Gasteiger partial charge in [0, 0.05) is 0 Å². The highest BCUT2D eigenvalue weighted by atomic mass is 14.8. The fourth-order valence-electron chi connectivity index (χ4n) is 3.08. The Hall–Kier alpha value is -0.820. The van der Waals surface area contributed by atoms with Crippen LogP contribution in [0.3, 0.4) is 0 Å². The molecule has 0 unspecified atom stereocenters. The molecule has 1 rings (SSSR count). The van der Waals surface area contributed by atoms with Crippen LogP contribution in [0.2, 0.25) is 0 Å². The first-order valence-corrected chi connectivity index (χ1v) is 7.17. The second-order valence-corrected chi connectivity index (χ2v) is 6.16. The van der Waals surface area contributed by atoms with Gasteiger partial charge < -0.3 is 5.32 Å². The molecule has 1 aromatic carbocycles. The molecule has 0 aliphatic carbocycles. The lowest BCUT2D eigenvalue weighted by atomic mass is 9.76. The molecule has 0 atom stereocenters. The zero-order valence-electron chi connectivity index (χ0n) is 13.0. The highest BCUT2D eigenvalue weighted by Crippen LogP contribution is 2.32. The Kier molecular flexibility index (Phi) is 5.40. The van der Waals surface area contributed by atoms with Crippen LogP contribution >= 0.6 is 0 Å². The van der Waals surface area contributed by atoms with E-state index in [0.29, 0.717) is 0 Å². The molecule has 0 aromatic heterocycles. The molecular formula is C17H29N. The minimum Gasteiger partial charge on any atom is -0.317 e. The average Bonchev–Trinajstić information content (AvgIpc) is 2.22. The molecule has 0 amide bonds. The van der Waals surface area contributed by atoms with Crippen LogP contribution in [-0.4, -0.2) is 13.1 Å². The minimum absolute atomic E-state index is 0.253. The molecule has 0 aliphatic heterocycles. The van der Waals surface area contributed by atoms with Crippen LogP contribution in [0, 0.1) is 20.8 Å². The highest BCUT2D eigenvalue weighted by Gasteiger charge is 2.23. The molecule has 1 aromatic rings. The lowest BCUT2D eigenvalue weighted by Crippen LogP contribution is -2.27. The summed E-state index contributed by atoms with van der Waals surface area (Å²) in [6, 6.07) is 4.62. The van der Waals surface area contributed by atoms with Crippen molar-refractivity contribution in [2.45, 2.75) is 59.8 Å². The summed E-state index contributed by atoms with van der Waals surface area (Å²) in [7, 11) is 0. The Morgan fingerprint density at radius 3 is 2.06 bits per heavy atom. The maximum atomic E-state index is 3.51. The van der Waals surface area contributed by atoms with Gasteiger partial charge in [0.25, 0.3) is 0 Å². The minimum atomic E-state index is 0.253. The van der Waals surface area contributed by atoms with Gasteiger partial charge in [-0.25, -0.2) is 0 Å². The lowest BCUT2D eigenvalue weighted by Gasteiger charge is -2.29. The summed E-state index contributed by atoms with van der Waals surface area (Å²) in [5.74, 6) is 0. The van der Waals surface area contributed by atoms with E-state index in [9.17, 15) is 0 Å². The molecule has 0 bridgehead atoms. The van der Waals surface area contributed by atoms with E-state index in [2.05, 4.69) is 59.0 Å². The van der Waals surface area contributed by atoms with Crippen molar-refractivity contribution >= 4 is 0 Å². The summed E-state index contributed by atoms with van der Waals surface area (Å²) in [6.07, 6.45) is 2.40. The van der Waals surface area contributed by atoms with Crippen molar-refractivity contribution in [3.63, 3.8) is 0 Å². The van der Waals surface area contributed by atoms with Crippen LogP contribution in [0.5, 0.6) is 0 Å². The first-order valence-electron chi connectivity index (χ1n) is 7.17. The zero-order chi connectivity index (χ0) is 13.8. The van der Waals surface area contributed by atoms with Crippen molar-refractivity contribution in [3.05, 3.63) is 34.4 Å². The maximum Gasteiger partial charge on any atom is -0.00406 e. The molecule has 0 saturated heterocycles. The van der Waals surface area contributed by atoms with Crippen LogP contribution in [0.4, 0.5) is 0 Å². The third kappa shape index (κ3) is 3.84. The van der Waals surface area contributed by atoms with Gasteiger partial charge in [-0.15, -0.1) is 0 Å². The van der Waals surface area contributed by atoms with Crippen LogP contribution in [0.15, 0.2) is 12.1 Å². The molecule has 0 fully saturated rings. The fourth-order valence-corrected chi connectivity index (χ4v) is 3.08. The number of aryl methyl sites for hydroxylation is 3. The van der Waals surface area contributed by atoms with Gasteiger partial charge in [0.1, 0.15) is 0 Å². The Labute approximate surface area is 113 Å². The lowest BCUT2D eigenvalue weighted by molar-refractivity contribution is 0.453. The van der Waals surface area contributed by atoms with Gasteiger partial charge >= 0.3 is 0 Å². The quantitative estimate of drug-likeness (QED) is 0.740. The van der Waals surface area contributed by atoms with Gasteiger partial charge in [-0.2, -0.15) is 0 Å². The van der Waals surface area contributed by atoms with Gasteiger partial charge in [0.2, 0.25) is 0 Å². The van der Waals surface area contributed by atoms with Gasteiger partial charge in [0.15, 0.2) is 0 Å². The van der Waals surface area contributed by atoms with E-state index in [1.165, 1.54) is 35.1 Å². The van der Waals surface area contributed by atoms with E-state index in [-0.39, 0.29) is 5.41 Å². The third-order valence-electron chi connectivity index (χ3n) is 3.71. The van der Waals surface area contributed by atoms with E-state index >= 15 is 0 Å². The molecular weight excluding hydrogens is 218 g/mol. The first-order chi connectivity index (χ1) is 8.38. The van der Waals surface area contributed by atoms with Gasteiger partial charge in [0.05, 0.1) is 0 Å². The fraction of sp³-hybridized carbons (Fsp3) is 0.647. The first kappa shape index (κ1) is 15.2. The predicted molar refractivity (Wildman–Crippen MR) is 81.5 cm³/mol. The Bertz CT molecular complexity index is 368. The molecule has 0 heterocycles. The largest absolute Gasteiger partial charge is 0.317 e. The van der Waals surface area contributed by atoms with E-state index in [0.717, 1.165) is 13.1 Å². The van der Waals surface area contributed by atoms with Gasteiger partial charge in [-0.3, -0.25) is 0 Å². The molecule has 0 aliphatic rings. The van der Waals surface area contributed by atoms with E-state index in [1.54, 1.807) is 0 Å². The topological polar surface area (TPSA) is 12.0 Å². The van der Waals surface area contributed by atoms with E-state index in [1.807, 2.05) is 0 Å². The summed E-state index contributed by atoms with van der Waals surface area (Å²) in [4.78, 5) is 0. The number of nitrogens with one attached hydrogen (secondary N) is 1. The third-order valence-corrected chi connectivity index (χ3v) is 3.71. The maximum absolute atomic E-state index is 3.51. The predicted octanol–water partition coefficient (Wildman–Crippen LogP) is 4.28.